The van der Waals surface area contributed by atoms with Gasteiger partial charge in [-0.1, -0.05) is 0 Å². The first-order valence-electron chi connectivity index (χ1n) is 4.07. The van der Waals surface area contributed by atoms with Gasteiger partial charge < -0.3 is 5.11 Å². The summed E-state index contributed by atoms with van der Waals surface area (Å²) >= 11 is 1.61. The van der Waals surface area contributed by atoms with E-state index < -0.39 is 6.10 Å². The van der Waals surface area contributed by atoms with Crippen LogP contribution in [0.4, 0.5) is 0 Å². The number of rotatable bonds is 3. The predicted octanol–water partition coefficient (Wildman–Crippen LogP) is 1.65. The van der Waals surface area contributed by atoms with Crippen LogP contribution in [0, 0.1) is 0 Å². The SMILES string of the molecule is CSC(C)(C)C(O)c1cnccn1. The minimum Gasteiger partial charge on any atom is -0.385 e. The van der Waals surface area contributed by atoms with Crippen LogP contribution in [0.5, 0.6) is 0 Å². The molecule has 0 saturated carbocycles. The average molecular weight is 198 g/mol. The van der Waals surface area contributed by atoms with Crippen LogP contribution in [0.15, 0.2) is 18.6 Å². The van der Waals surface area contributed by atoms with Crippen LogP contribution < -0.4 is 0 Å². The molecule has 0 aliphatic heterocycles. The standard InChI is InChI=1S/C9H14N2OS/c1-9(2,13-3)8(12)7-6-10-4-5-11-7/h4-6,8,12H,1-3H3. The molecule has 1 rings (SSSR count). The van der Waals surface area contributed by atoms with Gasteiger partial charge in [0.05, 0.1) is 11.9 Å². The van der Waals surface area contributed by atoms with Crippen molar-refractivity contribution >= 4 is 11.8 Å². The van der Waals surface area contributed by atoms with Gasteiger partial charge in [-0.05, 0) is 20.1 Å². The predicted molar refractivity (Wildman–Crippen MR) is 54.6 cm³/mol. The molecule has 0 aliphatic rings. The van der Waals surface area contributed by atoms with Gasteiger partial charge in [-0.3, -0.25) is 9.97 Å². The van der Waals surface area contributed by atoms with Crippen LogP contribution in [0.3, 0.4) is 0 Å². The van der Waals surface area contributed by atoms with E-state index >= 15 is 0 Å². The number of hydrogen-bond acceptors (Lipinski definition) is 4. The van der Waals surface area contributed by atoms with Gasteiger partial charge in [-0.15, -0.1) is 0 Å². The summed E-state index contributed by atoms with van der Waals surface area (Å²) in [6.07, 6.45) is 6.19. The molecule has 13 heavy (non-hydrogen) atoms. The maximum Gasteiger partial charge on any atom is 0.112 e. The second-order valence-corrected chi connectivity index (χ2v) is 4.80. The molecule has 0 aromatic carbocycles. The first-order valence-corrected chi connectivity index (χ1v) is 5.29. The first-order chi connectivity index (χ1) is 6.08. The van der Waals surface area contributed by atoms with Crippen molar-refractivity contribution in [2.24, 2.45) is 0 Å². The van der Waals surface area contributed by atoms with Crippen molar-refractivity contribution in [3.05, 3.63) is 24.3 Å². The number of hydrogen-bond donors (Lipinski definition) is 1. The van der Waals surface area contributed by atoms with E-state index in [0.717, 1.165) is 0 Å². The number of nitrogens with zero attached hydrogens (tertiary/aromatic N) is 2. The largest absolute Gasteiger partial charge is 0.385 e. The van der Waals surface area contributed by atoms with E-state index in [9.17, 15) is 5.11 Å². The summed E-state index contributed by atoms with van der Waals surface area (Å²) in [5, 5.41) is 9.92. The lowest BCUT2D eigenvalue weighted by atomic mass is 10.0. The molecule has 0 radical (unpaired) electrons. The molecular weight excluding hydrogens is 184 g/mol. The Morgan fingerprint density at radius 3 is 2.62 bits per heavy atom. The van der Waals surface area contributed by atoms with E-state index in [4.69, 9.17) is 0 Å². The minimum atomic E-state index is -0.573. The van der Waals surface area contributed by atoms with Crippen LogP contribution >= 0.6 is 11.8 Å². The Hall–Kier alpha value is -0.610. The second kappa shape index (κ2) is 4.07. The van der Waals surface area contributed by atoms with Gasteiger partial charge in [0.1, 0.15) is 6.10 Å². The van der Waals surface area contributed by atoms with Gasteiger partial charge in [-0.2, -0.15) is 11.8 Å². The molecule has 0 amide bonds. The monoisotopic (exact) mass is 198 g/mol. The molecule has 72 valence electrons. The van der Waals surface area contributed by atoms with E-state index in [-0.39, 0.29) is 4.75 Å². The summed E-state index contributed by atoms with van der Waals surface area (Å²) in [6, 6.07) is 0. The molecule has 0 spiro atoms. The summed E-state index contributed by atoms with van der Waals surface area (Å²) in [6.45, 7) is 3.97. The number of aliphatic hydroxyl groups is 1. The normalized spacial score (nSPS) is 14.2. The summed E-state index contributed by atoms with van der Waals surface area (Å²) in [5.41, 5.74) is 0.627. The van der Waals surface area contributed by atoms with Crippen molar-refractivity contribution in [2.75, 3.05) is 6.26 Å². The fourth-order valence-corrected chi connectivity index (χ4v) is 1.26. The summed E-state index contributed by atoms with van der Waals surface area (Å²) in [4.78, 5) is 7.99. The second-order valence-electron chi connectivity index (χ2n) is 3.34. The van der Waals surface area contributed by atoms with E-state index in [1.807, 2.05) is 20.1 Å². The Kier molecular flexibility index (Phi) is 3.27. The number of thioether (sulfide) groups is 1. The Labute approximate surface area is 82.6 Å². The topological polar surface area (TPSA) is 46.0 Å². The maximum atomic E-state index is 9.92. The van der Waals surface area contributed by atoms with Crippen LogP contribution in [0.25, 0.3) is 0 Å². The molecule has 0 bridgehead atoms. The summed E-state index contributed by atoms with van der Waals surface area (Å²) in [5.74, 6) is 0. The highest BCUT2D eigenvalue weighted by atomic mass is 32.2. The lowest BCUT2D eigenvalue weighted by Gasteiger charge is -2.27. The lowest BCUT2D eigenvalue weighted by molar-refractivity contribution is 0.139. The zero-order valence-corrected chi connectivity index (χ0v) is 8.88. The first kappa shape index (κ1) is 10.5. The summed E-state index contributed by atoms with van der Waals surface area (Å²) < 4.78 is -0.226. The number of aromatic nitrogens is 2. The average Bonchev–Trinajstić information content (AvgIpc) is 2.18. The van der Waals surface area contributed by atoms with Gasteiger partial charge in [0.25, 0.3) is 0 Å². The lowest BCUT2D eigenvalue weighted by Crippen LogP contribution is -2.25. The molecular formula is C9H14N2OS. The molecule has 1 atom stereocenters. The van der Waals surface area contributed by atoms with Gasteiger partial charge >= 0.3 is 0 Å². The Morgan fingerprint density at radius 1 is 1.46 bits per heavy atom. The Balaban J connectivity index is 2.85. The van der Waals surface area contributed by atoms with Gasteiger partial charge in [-0.25, -0.2) is 0 Å². The molecule has 1 heterocycles. The van der Waals surface area contributed by atoms with Crippen molar-refractivity contribution in [1.82, 2.24) is 9.97 Å². The smallest absolute Gasteiger partial charge is 0.112 e. The Morgan fingerprint density at radius 2 is 2.15 bits per heavy atom. The molecule has 1 N–H and O–H groups in total. The van der Waals surface area contributed by atoms with Crippen LogP contribution in [-0.4, -0.2) is 26.1 Å². The third kappa shape index (κ3) is 2.42. The fraction of sp³-hybridized carbons (Fsp3) is 0.556. The van der Waals surface area contributed by atoms with Gasteiger partial charge in [0.2, 0.25) is 0 Å². The van der Waals surface area contributed by atoms with E-state index in [2.05, 4.69) is 9.97 Å². The highest BCUT2D eigenvalue weighted by Crippen LogP contribution is 2.34. The summed E-state index contributed by atoms with van der Waals surface area (Å²) in [7, 11) is 0. The molecule has 0 fully saturated rings. The zero-order chi connectivity index (χ0) is 9.90. The molecule has 1 unspecified atom stereocenters. The van der Waals surface area contributed by atoms with Crippen molar-refractivity contribution in [3.8, 4) is 0 Å². The zero-order valence-electron chi connectivity index (χ0n) is 8.06. The molecule has 3 nitrogen and oxygen atoms in total. The van der Waals surface area contributed by atoms with Gasteiger partial charge in [0.15, 0.2) is 0 Å². The molecule has 0 aliphatic carbocycles. The molecule has 0 saturated heterocycles. The third-order valence-electron chi connectivity index (χ3n) is 2.05. The van der Waals surface area contributed by atoms with Crippen molar-refractivity contribution in [2.45, 2.75) is 24.7 Å². The molecule has 4 heteroatoms. The molecule has 1 aromatic heterocycles. The van der Waals surface area contributed by atoms with Crippen LogP contribution in [0.2, 0.25) is 0 Å². The quantitative estimate of drug-likeness (QED) is 0.802. The van der Waals surface area contributed by atoms with E-state index in [1.54, 1.807) is 30.4 Å². The van der Waals surface area contributed by atoms with Crippen LogP contribution in [-0.2, 0) is 0 Å². The van der Waals surface area contributed by atoms with E-state index in [1.165, 1.54) is 0 Å². The molecule has 1 aromatic rings. The maximum absolute atomic E-state index is 9.92. The minimum absolute atomic E-state index is 0.226. The third-order valence-corrected chi connectivity index (χ3v) is 3.32. The van der Waals surface area contributed by atoms with Gasteiger partial charge in [0, 0.05) is 17.1 Å². The van der Waals surface area contributed by atoms with Crippen molar-refractivity contribution in [1.29, 1.82) is 0 Å². The Bertz CT molecular complexity index is 264. The highest BCUT2D eigenvalue weighted by molar-refractivity contribution is 7.99. The fourth-order valence-electron chi connectivity index (χ4n) is 0.920. The highest BCUT2D eigenvalue weighted by Gasteiger charge is 2.29. The number of aliphatic hydroxyl groups excluding tert-OH is 1. The van der Waals surface area contributed by atoms with Crippen LogP contribution in [0.1, 0.15) is 25.6 Å². The van der Waals surface area contributed by atoms with Crippen molar-refractivity contribution < 1.29 is 5.11 Å². The van der Waals surface area contributed by atoms with E-state index in [0.29, 0.717) is 5.69 Å². The van der Waals surface area contributed by atoms with Crippen molar-refractivity contribution in [3.63, 3.8) is 0 Å².